The van der Waals surface area contributed by atoms with Gasteiger partial charge >= 0.3 is 0 Å². The van der Waals surface area contributed by atoms with Gasteiger partial charge in [-0.25, -0.2) is 4.39 Å². The van der Waals surface area contributed by atoms with E-state index in [1.54, 1.807) is 17.4 Å². The fourth-order valence-electron chi connectivity index (χ4n) is 1.37. The zero-order valence-corrected chi connectivity index (χ0v) is 9.54. The van der Waals surface area contributed by atoms with Gasteiger partial charge in [-0.2, -0.15) is 0 Å². The number of benzene rings is 1. The quantitative estimate of drug-likeness (QED) is 0.756. The summed E-state index contributed by atoms with van der Waals surface area (Å²) in [6, 6.07) is 6.99. The minimum atomic E-state index is -0.344. The molecule has 0 aliphatic rings. The van der Waals surface area contributed by atoms with Crippen molar-refractivity contribution in [3.05, 3.63) is 57.0 Å². The molecule has 15 heavy (non-hydrogen) atoms. The van der Waals surface area contributed by atoms with E-state index in [1.165, 1.54) is 11.6 Å². The molecule has 1 aromatic heterocycles. The maximum Gasteiger partial charge on any atom is 0.142 e. The van der Waals surface area contributed by atoms with Crippen LogP contribution in [0.15, 0.2) is 29.6 Å². The van der Waals surface area contributed by atoms with Crippen LogP contribution in [0.5, 0.6) is 0 Å². The van der Waals surface area contributed by atoms with Crippen molar-refractivity contribution in [3.8, 4) is 0 Å². The Kier molecular flexibility index (Phi) is 3.39. The lowest BCUT2D eigenvalue weighted by Crippen LogP contribution is -1.91. The highest BCUT2D eigenvalue weighted by atomic mass is 35.5. The van der Waals surface area contributed by atoms with Crippen LogP contribution in [0.4, 0.5) is 4.39 Å². The molecular weight excluding hydrogens is 231 g/mol. The Hall–Kier alpha value is -0.860. The van der Waals surface area contributed by atoms with Gasteiger partial charge in [-0.1, -0.05) is 17.7 Å². The molecule has 2 aromatic rings. The van der Waals surface area contributed by atoms with Crippen molar-refractivity contribution in [3.63, 3.8) is 0 Å². The smallest absolute Gasteiger partial charge is 0.142 e. The van der Waals surface area contributed by atoms with Crippen molar-refractivity contribution < 1.29 is 4.39 Å². The third-order valence-corrected chi connectivity index (χ3v) is 3.15. The molecule has 0 saturated carbocycles. The first kappa shape index (κ1) is 10.7. The van der Waals surface area contributed by atoms with Crippen LogP contribution in [-0.2, 0) is 12.8 Å². The van der Waals surface area contributed by atoms with Crippen LogP contribution in [-0.4, -0.2) is 0 Å². The van der Waals surface area contributed by atoms with Gasteiger partial charge < -0.3 is 0 Å². The standard InChI is InChI=1S/C12H9ClFS/c13-11-4-3-9(7-12(11)14)1-2-10-5-6-15-8-10/h3-7H,1-2H2. The van der Waals surface area contributed by atoms with Gasteiger partial charge in [0, 0.05) is 5.38 Å². The molecule has 3 heteroatoms. The lowest BCUT2D eigenvalue weighted by Gasteiger charge is -2.01. The van der Waals surface area contributed by atoms with Crippen molar-refractivity contribution in [2.24, 2.45) is 0 Å². The predicted octanol–water partition coefficient (Wildman–Crippen LogP) is 4.13. The van der Waals surface area contributed by atoms with E-state index in [1.807, 2.05) is 17.5 Å². The number of hydrogen-bond donors (Lipinski definition) is 0. The Morgan fingerprint density at radius 3 is 2.80 bits per heavy atom. The average Bonchev–Trinajstić information content (AvgIpc) is 2.73. The predicted molar refractivity (Wildman–Crippen MR) is 62.0 cm³/mol. The lowest BCUT2D eigenvalue weighted by molar-refractivity contribution is 0.625. The van der Waals surface area contributed by atoms with Gasteiger partial charge in [-0.15, -0.1) is 11.3 Å². The third kappa shape index (κ3) is 2.80. The second-order valence-electron chi connectivity index (χ2n) is 3.30. The highest BCUT2D eigenvalue weighted by Gasteiger charge is 2.01. The van der Waals surface area contributed by atoms with Crippen molar-refractivity contribution in [1.82, 2.24) is 0 Å². The van der Waals surface area contributed by atoms with E-state index in [0.29, 0.717) is 0 Å². The molecule has 0 N–H and O–H groups in total. The molecular formula is C12H9ClFS. The molecule has 0 amide bonds. The van der Waals surface area contributed by atoms with E-state index in [2.05, 4.69) is 5.38 Å². The number of halogens is 2. The van der Waals surface area contributed by atoms with E-state index >= 15 is 0 Å². The number of rotatable bonds is 3. The van der Waals surface area contributed by atoms with Crippen molar-refractivity contribution in [1.29, 1.82) is 0 Å². The number of hydrogen-bond acceptors (Lipinski definition) is 1. The number of aryl methyl sites for hydroxylation is 2. The molecule has 1 heterocycles. The molecule has 77 valence electrons. The van der Waals surface area contributed by atoms with Crippen LogP contribution in [0.1, 0.15) is 11.1 Å². The first-order valence-corrected chi connectivity index (χ1v) is 5.89. The van der Waals surface area contributed by atoms with E-state index in [-0.39, 0.29) is 10.8 Å². The Bertz CT molecular complexity index is 437. The summed E-state index contributed by atoms with van der Waals surface area (Å²) in [5, 5.41) is 5.33. The Balaban J connectivity index is 2.02. The van der Waals surface area contributed by atoms with Gasteiger partial charge in [0.15, 0.2) is 0 Å². The maximum absolute atomic E-state index is 13.1. The topological polar surface area (TPSA) is 0 Å². The molecule has 1 radical (unpaired) electrons. The highest BCUT2D eigenvalue weighted by molar-refractivity contribution is 7.07. The summed E-state index contributed by atoms with van der Waals surface area (Å²) >= 11 is 7.16. The first-order chi connectivity index (χ1) is 7.25. The Morgan fingerprint density at radius 1 is 1.27 bits per heavy atom. The summed E-state index contributed by atoms with van der Waals surface area (Å²) in [7, 11) is 0. The summed E-state index contributed by atoms with van der Waals surface area (Å²) in [6.45, 7) is 0. The second-order valence-corrected chi connectivity index (χ2v) is 4.42. The Morgan fingerprint density at radius 2 is 2.13 bits per heavy atom. The van der Waals surface area contributed by atoms with Gasteiger partial charge in [0.1, 0.15) is 5.82 Å². The van der Waals surface area contributed by atoms with Crippen molar-refractivity contribution >= 4 is 22.9 Å². The van der Waals surface area contributed by atoms with Crippen LogP contribution in [0.3, 0.4) is 0 Å². The monoisotopic (exact) mass is 239 g/mol. The molecule has 0 atom stereocenters. The number of thiophene rings is 1. The molecule has 0 fully saturated rings. The van der Waals surface area contributed by atoms with Crippen LogP contribution in [0, 0.1) is 11.2 Å². The fourth-order valence-corrected chi connectivity index (χ4v) is 2.11. The van der Waals surface area contributed by atoms with E-state index < -0.39 is 0 Å². The van der Waals surface area contributed by atoms with Crippen molar-refractivity contribution in [2.45, 2.75) is 12.8 Å². The summed E-state index contributed by atoms with van der Waals surface area (Å²) in [4.78, 5) is 0. The van der Waals surface area contributed by atoms with Gasteiger partial charge in [0.25, 0.3) is 0 Å². The lowest BCUT2D eigenvalue weighted by atomic mass is 10.1. The first-order valence-electron chi connectivity index (χ1n) is 4.63. The summed E-state index contributed by atoms with van der Waals surface area (Å²) < 4.78 is 13.1. The molecule has 0 nitrogen and oxygen atoms in total. The molecule has 0 aliphatic heterocycles. The fraction of sp³-hybridized carbons (Fsp3) is 0.167. The van der Waals surface area contributed by atoms with Gasteiger partial charge in [0.05, 0.1) is 5.02 Å². The zero-order chi connectivity index (χ0) is 10.7. The summed E-state index contributed by atoms with van der Waals surface area (Å²) in [5.74, 6) is -0.344. The van der Waals surface area contributed by atoms with Crippen LogP contribution >= 0.6 is 22.9 Å². The van der Waals surface area contributed by atoms with Crippen LogP contribution in [0.25, 0.3) is 0 Å². The van der Waals surface area contributed by atoms with Crippen molar-refractivity contribution in [2.75, 3.05) is 0 Å². The summed E-state index contributed by atoms with van der Waals surface area (Å²) in [6.07, 6.45) is 1.71. The molecule has 0 saturated heterocycles. The molecule has 1 aromatic carbocycles. The largest absolute Gasteiger partial charge is 0.205 e. The Labute approximate surface area is 97.3 Å². The average molecular weight is 240 g/mol. The minimum absolute atomic E-state index is 0.181. The molecule has 0 bridgehead atoms. The maximum atomic E-state index is 13.1. The van der Waals surface area contributed by atoms with Crippen LogP contribution in [0.2, 0.25) is 5.02 Å². The van der Waals surface area contributed by atoms with Gasteiger partial charge in [-0.3, -0.25) is 0 Å². The summed E-state index contributed by atoms with van der Waals surface area (Å²) in [5.41, 5.74) is 2.15. The SMILES string of the molecule is Fc1cc(CCc2[c]scc2)ccc1Cl. The molecule has 0 aliphatic carbocycles. The van der Waals surface area contributed by atoms with Crippen LogP contribution < -0.4 is 0 Å². The van der Waals surface area contributed by atoms with E-state index in [4.69, 9.17) is 11.6 Å². The van der Waals surface area contributed by atoms with Gasteiger partial charge in [-0.05, 0) is 47.5 Å². The molecule has 0 unspecified atom stereocenters. The highest BCUT2D eigenvalue weighted by Crippen LogP contribution is 2.17. The van der Waals surface area contributed by atoms with Gasteiger partial charge in [0.2, 0.25) is 0 Å². The van der Waals surface area contributed by atoms with E-state index in [0.717, 1.165) is 18.4 Å². The molecule has 0 spiro atoms. The minimum Gasteiger partial charge on any atom is -0.205 e. The third-order valence-electron chi connectivity index (χ3n) is 2.19. The van der Waals surface area contributed by atoms with E-state index in [9.17, 15) is 4.39 Å². The second kappa shape index (κ2) is 4.77. The zero-order valence-electron chi connectivity index (χ0n) is 7.97. The molecule has 2 rings (SSSR count). The normalized spacial score (nSPS) is 10.5.